The molecule has 2 heterocycles. The number of methoxy groups -OCH3 is 1. The summed E-state index contributed by atoms with van der Waals surface area (Å²) in [6.07, 6.45) is 4.30. The standard InChI is InChI=1S/C26H26N4O3/c1-3-18-6-11-24-20(13-18)14-21(25(31)29-24)17-30(16-19-5-4-12-27-15-19)26(32)28-22-7-9-23(33-2)10-8-22/h4-15H,3,16-17H2,1-2H3,(H,28,32)(H,29,31). The third-order valence-corrected chi connectivity index (χ3v) is 5.48. The van der Waals surface area contributed by atoms with E-state index in [1.54, 1.807) is 48.7 Å². The number of anilines is 1. The van der Waals surface area contributed by atoms with Gasteiger partial charge in [0.1, 0.15) is 5.75 Å². The quantitative estimate of drug-likeness (QED) is 0.433. The lowest BCUT2D eigenvalue weighted by Gasteiger charge is -2.23. The summed E-state index contributed by atoms with van der Waals surface area (Å²) < 4.78 is 5.18. The van der Waals surface area contributed by atoms with Crippen molar-refractivity contribution in [2.75, 3.05) is 12.4 Å². The van der Waals surface area contributed by atoms with Crippen LogP contribution in [0.3, 0.4) is 0 Å². The summed E-state index contributed by atoms with van der Waals surface area (Å²) in [4.78, 5) is 34.7. The molecule has 4 rings (SSSR count). The van der Waals surface area contributed by atoms with Crippen LogP contribution >= 0.6 is 0 Å². The molecule has 168 valence electrons. The zero-order valence-electron chi connectivity index (χ0n) is 18.7. The molecule has 0 fully saturated rings. The molecule has 2 aromatic heterocycles. The van der Waals surface area contributed by atoms with Gasteiger partial charge in [-0.3, -0.25) is 9.78 Å². The SMILES string of the molecule is CCc1ccc2[nH]c(=O)c(CN(Cc3cccnc3)C(=O)Nc3ccc(OC)cc3)cc2c1. The van der Waals surface area contributed by atoms with Gasteiger partial charge in [0, 0.05) is 35.7 Å². The van der Waals surface area contributed by atoms with Gasteiger partial charge in [0.25, 0.3) is 5.56 Å². The van der Waals surface area contributed by atoms with Gasteiger partial charge in [-0.1, -0.05) is 19.1 Å². The number of amides is 2. The Kier molecular flexibility index (Phi) is 6.69. The van der Waals surface area contributed by atoms with Crippen LogP contribution in [0.25, 0.3) is 10.9 Å². The number of aryl methyl sites for hydroxylation is 1. The summed E-state index contributed by atoms with van der Waals surface area (Å²) in [6.45, 7) is 2.55. The highest BCUT2D eigenvalue weighted by Crippen LogP contribution is 2.18. The minimum Gasteiger partial charge on any atom is -0.497 e. The lowest BCUT2D eigenvalue weighted by Crippen LogP contribution is -2.35. The van der Waals surface area contributed by atoms with Gasteiger partial charge in [-0.25, -0.2) is 4.79 Å². The van der Waals surface area contributed by atoms with E-state index in [2.05, 4.69) is 28.3 Å². The fraction of sp³-hybridized carbons (Fsp3) is 0.192. The topological polar surface area (TPSA) is 87.3 Å². The van der Waals surface area contributed by atoms with E-state index in [0.717, 1.165) is 22.9 Å². The highest BCUT2D eigenvalue weighted by molar-refractivity contribution is 5.89. The normalized spacial score (nSPS) is 10.7. The van der Waals surface area contributed by atoms with Crippen LogP contribution in [0.1, 0.15) is 23.6 Å². The molecule has 0 bridgehead atoms. The first-order valence-electron chi connectivity index (χ1n) is 10.8. The minimum atomic E-state index is -0.314. The number of hydrogen-bond acceptors (Lipinski definition) is 4. The Bertz CT molecular complexity index is 1300. The Morgan fingerprint density at radius 1 is 1.06 bits per heavy atom. The van der Waals surface area contributed by atoms with Crippen molar-refractivity contribution in [2.24, 2.45) is 0 Å². The Morgan fingerprint density at radius 3 is 2.58 bits per heavy atom. The van der Waals surface area contributed by atoms with Crippen molar-refractivity contribution >= 4 is 22.6 Å². The van der Waals surface area contributed by atoms with E-state index in [9.17, 15) is 9.59 Å². The average molecular weight is 443 g/mol. The monoisotopic (exact) mass is 442 g/mol. The minimum absolute atomic E-state index is 0.151. The summed E-state index contributed by atoms with van der Waals surface area (Å²) in [6, 6.07) is 18.4. The molecule has 0 aliphatic heterocycles. The molecule has 0 unspecified atom stereocenters. The number of H-pyrrole nitrogens is 1. The van der Waals surface area contributed by atoms with Crippen molar-refractivity contribution in [3.05, 3.63) is 100 Å². The van der Waals surface area contributed by atoms with Gasteiger partial charge in [0.05, 0.1) is 13.7 Å². The van der Waals surface area contributed by atoms with Crippen molar-refractivity contribution in [1.82, 2.24) is 14.9 Å². The maximum atomic E-state index is 13.2. The van der Waals surface area contributed by atoms with E-state index < -0.39 is 0 Å². The van der Waals surface area contributed by atoms with Crippen LogP contribution in [0.5, 0.6) is 5.75 Å². The third-order valence-electron chi connectivity index (χ3n) is 5.48. The zero-order valence-corrected chi connectivity index (χ0v) is 18.7. The van der Waals surface area contributed by atoms with Crippen LogP contribution < -0.4 is 15.6 Å². The number of ether oxygens (including phenoxy) is 1. The molecule has 4 aromatic rings. The van der Waals surface area contributed by atoms with Crippen LogP contribution in [0, 0.1) is 0 Å². The van der Waals surface area contributed by atoms with E-state index in [1.165, 1.54) is 5.56 Å². The van der Waals surface area contributed by atoms with E-state index >= 15 is 0 Å². The number of urea groups is 1. The van der Waals surface area contributed by atoms with Gasteiger partial charge in [-0.2, -0.15) is 0 Å². The average Bonchev–Trinajstić information content (AvgIpc) is 2.84. The second kappa shape index (κ2) is 9.99. The van der Waals surface area contributed by atoms with E-state index in [4.69, 9.17) is 4.74 Å². The molecule has 7 heteroatoms. The van der Waals surface area contributed by atoms with Crippen LogP contribution in [-0.2, 0) is 19.5 Å². The Labute approximate surface area is 192 Å². The molecule has 0 spiro atoms. The van der Waals surface area contributed by atoms with Crippen molar-refractivity contribution in [1.29, 1.82) is 0 Å². The van der Waals surface area contributed by atoms with Crippen LogP contribution in [0.2, 0.25) is 0 Å². The molecular weight excluding hydrogens is 416 g/mol. The summed E-state index contributed by atoms with van der Waals surface area (Å²) in [5.74, 6) is 0.703. The van der Waals surface area contributed by atoms with Crippen molar-refractivity contribution < 1.29 is 9.53 Å². The summed E-state index contributed by atoms with van der Waals surface area (Å²) in [5.41, 5.74) is 3.78. The molecule has 2 aromatic carbocycles. The highest BCUT2D eigenvalue weighted by atomic mass is 16.5. The fourth-order valence-electron chi connectivity index (χ4n) is 3.63. The van der Waals surface area contributed by atoms with E-state index in [-0.39, 0.29) is 18.1 Å². The number of nitrogens with one attached hydrogen (secondary N) is 2. The van der Waals surface area contributed by atoms with E-state index in [1.807, 2.05) is 30.3 Å². The summed E-state index contributed by atoms with van der Waals surface area (Å²) in [7, 11) is 1.59. The number of fused-ring (bicyclic) bond motifs is 1. The van der Waals surface area contributed by atoms with Crippen LogP contribution in [0.4, 0.5) is 10.5 Å². The molecule has 0 aliphatic carbocycles. The maximum Gasteiger partial charge on any atom is 0.322 e. The lowest BCUT2D eigenvalue weighted by molar-refractivity contribution is 0.206. The second-order valence-corrected chi connectivity index (χ2v) is 7.77. The third kappa shape index (κ3) is 5.38. The number of hydrogen-bond donors (Lipinski definition) is 2. The van der Waals surface area contributed by atoms with Gasteiger partial charge in [0.15, 0.2) is 0 Å². The fourth-order valence-corrected chi connectivity index (χ4v) is 3.63. The molecule has 2 N–H and O–H groups in total. The predicted molar refractivity (Wildman–Crippen MR) is 129 cm³/mol. The largest absolute Gasteiger partial charge is 0.497 e. The Balaban J connectivity index is 1.63. The molecule has 0 aliphatic rings. The first kappa shape index (κ1) is 22.1. The second-order valence-electron chi connectivity index (χ2n) is 7.77. The van der Waals surface area contributed by atoms with Gasteiger partial charge in [-0.05, 0) is 71.5 Å². The first-order chi connectivity index (χ1) is 16.1. The number of aromatic nitrogens is 2. The molecule has 0 atom stereocenters. The number of benzene rings is 2. The Morgan fingerprint density at radius 2 is 1.88 bits per heavy atom. The molecule has 33 heavy (non-hydrogen) atoms. The van der Waals surface area contributed by atoms with Crippen LogP contribution in [-0.4, -0.2) is 28.0 Å². The number of carbonyl (C=O) groups excluding carboxylic acids is 1. The maximum absolute atomic E-state index is 13.2. The van der Waals surface area contributed by atoms with E-state index in [0.29, 0.717) is 23.5 Å². The van der Waals surface area contributed by atoms with Crippen molar-refractivity contribution in [3.63, 3.8) is 0 Å². The molecule has 0 saturated heterocycles. The first-order valence-corrected chi connectivity index (χ1v) is 10.8. The smallest absolute Gasteiger partial charge is 0.322 e. The van der Waals surface area contributed by atoms with Gasteiger partial charge in [0.2, 0.25) is 0 Å². The summed E-state index contributed by atoms with van der Waals surface area (Å²) >= 11 is 0. The van der Waals surface area contributed by atoms with Crippen molar-refractivity contribution in [2.45, 2.75) is 26.4 Å². The van der Waals surface area contributed by atoms with Crippen molar-refractivity contribution in [3.8, 4) is 5.75 Å². The van der Waals surface area contributed by atoms with Gasteiger partial charge >= 0.3 is 6.03 Å². The predicted octanol–water partition coefficient (Wildman–Crippen LogP) is 4.73. The number of rotatable bonds is 7. The molecule has 0 radical (unpaired) electrons. The highest BCUT2D eigenvalue weighted by Gasteiger charge is 2.17. The van der Waals surface area contributed by atoms with Crippen LogP contribution in [0.15, 0.2) is 77.9 Å². The number of pyridine rings is 2. The zero-order chi connectivity index (χ0) is 23.2. The molecule has 0 saturated carbocycles. The lowest BCUT2D eigenvalue weighted by atomic mass is 10.1. The summed E-state index contributed by atoms with van der Waals surface area (Å²) in [5, 5.41) is 3.85. The van der Waals surface area contributed by atoms with Gasteiger partial charge < -0.3 is 19.9 Å². The van der Waals surface area contributed by atoms with Gasteiger partial charge in [-0.15, -0.1) is 0 Å². The molecule has 7 nitrogen and oxygen atoms in total. The number of nitrogens with zero attached hydrogens (tertiary/aromatic N) is 2. The Hall–Kier alpha value is -4.13. The molecule has 2 amide bonds. The number of carbonyl (C=O) groups is 1. The molecular formula is C26H26N4O3. The number of aromatic amines is 1.